The van der Waals surface area contributed by atoms with Crippen LogP contribution in [0.1, 0.15) is 35.8 Å². The maximum Gasteiger partial charge on any atom is 0.334 e. The monoisotopic (exact) mass is 413 g/mol. The summed E-state index contributed by atoms with van der Waals surface area (Å²) in [6, 6.07) is 10.2. The van der Waals surface area contributed by atoms with E-state index < -0.39 is 22.7 Å². The van der Waals surface area contributed by atoms with E-state index in [-0.39, 0.29) is 29.2 Å². The van der Waals surface area contributed by atoms with E-state index in [9.17, 15) is 24.8 Å². The van der Waals surface area contributed by atoms with E-state index in [4.69, 9.17) is 5.73 Å². The lowest BCUT2D eigenvalue weighted by Crippen LogP contribution is -2.36. The minimum absolute atomic E-state index is 0.0916. The third-order valence-corrected chi connectivity index (χ3v) is 5.71. The normalized spacial score (nSPS) is 16.9. The summed E-state index contributed by atoms with van der Waals surface area (Å²) in [6.07, 6.45) is 0. The molecule has 1 aromatic heterocycles. The van der Waals surface area contributed by atoms with Gasteiger partial charge in [0.15, 0.2) is 0 Å². The number of nitrogens with zero attached hydrogens (tertiary/aromatic N) is 2. The molecule has 1 amide bonds. The van der Waals surface area contributed by atoms with Crippen LogP contribution in [-0.2, 0) is 16.1 Å². The molecule has 1 aliphatic rings. The summed E-state index contributed by atoms with van der Waals surface area (Å²) in [6.45, 7) is 2.84. The van der Waals surface area contributed by atoms with Gasteiger partial charge in [0.1, 0.15) is 11.6 Å². The van der Waals surface area contributed by atoms with E-state index in [1.807, 2.05) is 0 Å². The largest absolute Gasteiger partial charge is 0.478 e. The van der Waals surface area contributed by atoms with Gasteiger partial charge in [0.25, 0.3) is 5.70 Å². The first-order chi connectivity index (χ1) is 13.8. The van der Waals surface area contributed by atoms with Gasteiger partial charge in [-0.1, -0.05) is 30.3 Å². The third kappa shape index (κ3) is 3.45. The molecular weight excluding hydrogens is 394 g/mol. The lowest BCUT2D eigenvalue weighted by molar-refractivity contribution is -0.429. The Morgan fingerprint density at radius 3 is 2.48 bits per heavy atom. The zero-order chi connectivity index (χ0) is 21.3. The number of carboxylic acids is 1. The third-order valence-electron chi connectivity index (χ3n) is 4.84. The number of nitrogens with two attached hydrogens (primary N) is 1. The standard InChI is InChI=1S/C20H19N3O5S/c1-11-16(20(25)26)17(14-7-4-3-6-13(14)10-21)19(23(27)28)18(22(11)12(2)24)15-8-5-9-29-15/h3-9,17H,10,21H2,1-2H3,(H,25,26). The highest BCUT2D eigenvalue weighted by Gasteiger charge is 2.46. The number of carbonyl (C=O) groups excluding carboxylic acids is 1. The Labute approximate surface area is 170 Å². The van der Waals surface area contributed by atoms with Gasteiger partial charge >= 0.3 is 5.97 Å². The number of aliphatic carboxylic acids is 1. The van der Waals surface area contributed by atoms with Crippen molar-refractivity contribution < 1.29 is 19.6 Å². The second-order valence-corrected chi connectivity index (χ2v) is 7.41. The van der Waals surface area contributed by atoms with Crippen molar-refractivity contribution in [1.29, 1.82) is 0 Å². The van der Waals surface area contributed by atoms with Crippen molar-refractivity contribution in [3.05, 3.63) is 84.9 Å². The second-order valence-electron chi connectivity index (χ2n) is 6.46. The number of hydrogen-bond donors (Lipinski definition) is 2. The van der Waals surface area contributed by atoms with Gasteiger partial charge < -0.3 is 10.8 Å². The number of carboxylic acid groups (broad SMARTS) is 1. The van der Waals surface area contributed by atoms with Gasteiger partial charge in [-0.3, -0.25) is 19.8 Å². The summed E-state index contributed by atoms with van der Waals surface area (Å²) >= 11 is 1.24. The van der Waals surface area contributed by atoms with Crippen LogP contribution in [0.4, 0.5) is 0 Å². The summed E-state index contributed by atoms with van der Waals surface area (Å²) in [7, 11) is 0. The summed E-state index contributed by atoms with van der Waals surface area (Å²) in [5.74, 6) is -3.00. The molecule has 0 fully saturated rings. The molecule has 2 heterocycles. The molecule has 3 rings (SSSR count). The maximum atomic E-state index is 12.4. The Bertz CT molecular complexity index is 1060. The highest BCUT2D eigenvalue weighted by atomic mass is 32.1. The average molecular weight is 413 g/mol. The van der Waals surface area contributed by atoms with E-state index in [1.54, 1.807) is 41.8 Å². The van der Waals surface area contributed by atoms with Crippen LogP contribution in [0.15, 0.2) is 58.7 Å². The molecule has 1 aliphatic heterocycles. The Kier molecular flexibility index (Phi) is 5.62. The first kappa shape index (κ1) is 20.4. The second kappa shape index (κ2) is 7.98. The fourth-order valence-electron chi connectivity index (χ4n) is 3.70. The molecule has 0 bridgehead atoms. The molecule has 150 valence electrons. The van der Waals surface area contributed by atoms with Crippen LogP contribution in [0.5, 0.6) is 0 Å². The first-order valence-corrected chi connectivity index (χ1v) is 9.62. The lowest BCUT2D eigenvalue weighted by atomic mass is 9.81. The van der Waals surface area contributed by atoms with Crippen LogP contribution in [0.3, 0.4) is 0 Å². The van der Waals surface area contributed by atoms with Crippen LogP contribution in [-0.4, -0.2) is 26.8 Å². The van der Waals surface area contributed by atoms with Gasteiger partial charge in [0.05, 0.1) is 15.4 Å². The van der Waals surface area contributed by atoms with Gasteiger partial charge in [0.2, 0.25) is 5.91 Å². The van der Waals surface area contributed by atoms with Crippen LogP contribution in [0.25, 0.3) is 5.70 Å². The fraction of sp³-hybridized carbons (Fsp3) is 0.200. The number of rotatable bonds is 5. The number of nitro groups is 1. The Hall–Kier alpha value is -3.30. The summed E-state index contributed by atoms with van der Waals surface area (Å²) < 4.78 is 0. The molecule has 9 heteroatoms. The highest BCUT2D eigenvalue weighted by molar-refractivity contribution is 7.11. The topological polar surface area (TPSA) is 127 Å². The van der Waals surface area contributed by atoms with E-state index in [0.29, 0.717) is 16.0 Å². The van der Waals surface area contributed by atoms with Crippen molar-refractivity contribution in [3.63, 3.8) is 0 Å². The number of thiophene rings is 1. The molecular formula is C20H19N3O5S. The van der Waals surface area contributed by atoms with E-state index in [2.05, 4.69) is 0 Å². The Morgan fingerprint density at radius 1 is 1.28 bits per heavy atom. The predicted molar refractivity (Wildman–Crippen MR) is 108 cm³/mol. The number of carbonyl (C=O) groups is 2. The summed E-state index contributed by atoms with van der Waals surface area (Å²) in [4.78, 5) is 37.9. The van der Waals surface area contributed by atoms with E-state index >= 15 is 0 Å². The van der Waals surface area contributed by atoms with Gasteiger partial charge in [0, 0.05) is 19.2 Å². The van der Waals surface area contributed by atoms with Gasteiger partial charge in [-0.2, -0.15) is 0 Å². The van der Waals surface area contributed by atoms with Crippen molar-refractivity contribution in [2.75, 3.05) is 0 Å². The van der Waals surface area contributed by atoms with Crippen molar-refractivity contribution in [1.82, 2.24) is 4.90 Å². The van der Waals surface area contributed by atoms with Crippen molar-refractivity contribution in [3.8, 4) is 0 Å². The smallest absolute Gasteiger partial charge is 0.334 e. The number of amides is 1. The van der Waals surface area contributed by atoms with E-state index in [1.165, 1.54) is 25.2 Å². The number of allylic oxidation sites excluding steroid dienone is 2. The maximum absolute atomic E-state index is 12.4. The summed E-state index contributed by atoms with van der Waals surface area (Å²) in [5, 5.41) is 23.9. The zero-order valence-electron chi connectivity index (χ0n) is 15.8. The predicted octanol–water partition coefficient (Wildman–Crippen LogP) is 3.16. The average Bonchev–Trinajstić information content (AvgIpc) is 3.20. The molecule has 0 saturated carbocycles. The SMILES string of the molecule is CC(=O)N1C(C)=C(C(=O)O)C(c2ccccc2CN)C([N+](=O)[O-])=C1c1cccs1. The number of hydrogen-bond acceptors (Lipinski definition) is 6. The summed E-state index contributed by atoms with van der Waals surface area (Å²) in [5.41, 5.74) is 6.54. The fourth-order valence-corrected chi connectivity index (χ4v) is 4.47. The van der Waals surface area contributed by atoms with E-state index in [0.717, 1.165) is 4.90 Å². The lowest BCUT2D eigenvalue weighted by Gasteiger charge is -2.33. The van der Waals surface area contributed by atoms with Crippen LogP contribution in [0, 0.1) is 10.1 Å². The molecule has 3 N–H and O–H groups in total. The molecule has 0 radical (unpaired) electrons. The molecule has 0 saturated heterocycles. The minimum atomic E-state index is -1.32. The van der Waals surface area contributed by atoms with Gasteiger partial charge in [-0.15, -0.1) is 11.3 Å². The molecule has 29 heavy (non-hydrogen) atoms. The minimum Gasteiger partial charge on any atom is -0.478 e. The molecule has 2 aromatic rings. The van der Waals surface area contributed by atoms with Gasteiger partial charge in [-0.05, 0) is 29.5 Å². The van der Waals surface area contributed by atoms with Crippen LogP contribution < -0.4 is 5.73 Å². The Balaban J connectivity index is 2.46. The zero-order valence-corrected chi connectivity index (χ0v) is 16.6. The Morgan fingerprint density at radius 2 is 1.97 bits per heavy atom. The van der Waals surface area contributed by atoms with Crippen molar-refractivity contribution >= 4 is 28.9 Å². The van der Waals surface area contributed by atoms with Gasteiger partial charge in [-0.25, -0.2) is 4.79 Å². The molecule has 1 unspecified atom stereocenters. The molecule has 0 spiro atoms. The molecule has 0 aliphatic carbocycles. The quantitative estimate of drug-likeness (QED) is 0.573. The molecule has 1 atom stereocenters. The van der Waals surface area contributed by atoms with Crippen LogP contribution in [0.2, 0.25) is 0 Å². The van der Waals surface area contributed by atoms with Crippen LogP contribution >= 0.6 is 11.3 Å². The first-order valence-electron chi connectivity index (χ1n) is 8.74. The molecule has 1 aromatic carbocycles. The number of benzene rings is 1. The van der Waals surface area contributed by atoms with Crippen molar-refractivity contribution in [2.24, 2.45) is 5.73 Å². The molecule has 8 nitrogen and oxygen atoms in total. The highest BCUT2D eigenvalue weighted by Crippen LogP contribution is 2.46. The van der Waals surface area contributed by atoms with Crippen molar-refractivity contribution in [2.45, 2.75) is 26.3 Å².